The Kier molecular flexibility index (Phi) is 6.01. The third kappa shape index (κ3) is 3.88. The minimum atomic E-state index is -0.368. The van der Waals surface area contributed by atoms with Gasteiger partial charge in [0.25, 0.3) is 0 Å². The second kappa shape index (κ2) is 10.7. The number of para-hydroxylation sites is 1. The zero-order chi connectivity index (χ0) is 33.7. The lowest BCUT2D eigenvalue weighted by Crippen LogP contribution is -2.37. The molecule has 51 heavy (non-hydrogen) atoms. The highest BCUT2D eigenvalue weighted by atomic mass is 15.0. The molecule has 0 N–H and O–H groups in total. The minimum absolute atomic E-state index is 0.368. The van der Waals surface area contributed by atoms with Crippen molar-refractivity contribution in [3.63, 3.8) is 0 Å². The maximum atomic E-state index is 5.16. The summed E-state index contributed by atoms with van der Waals surface area (Å²) in [6.45, 7) is 2.40. The quantitative estimate of drug-likeness (QED) is 0.190. The monoisotopic (exact) mass is 654 g/mol. The molecule has 1 spiro atoms. The molecule has 0 radical (unpaired) electrons. The first-order chi connectivity index (χ1) is 25.2. The first-order valence-electron chi connectivity index (χ1n) is 18.1. The van der Waals surface area contributed by atoms with E-state index < -0.39 is 0 Å². The highest BCUT2D eigenvalue weighted by molar-refractivity contribution is 6.05. The Morgan fingerprint density at radius 2 is 1.33 bits per heavy atom. The van der Waals surface area contributed by atoms with E-state index in [2.05, 4.69) is 121 Å². The zero-order valence-electron chi connectivity index (χ0n) is 28.3. The number of hydrogen-bond acceptors (Lipinski definition) is 3. The topological polar surface area (TPSA) is 43.6 Å². The van der Waals surface area contributed by atoms with E-state index in [1.807, 2.05) is 36.4 Å². The first kappa shape index (κ1) is 28.7. The normalized spacial score (nSPS) is 19.5. The third-order valence-electron chi connectivity index (χ3n) is 11.6. The molecule has 2 atom stereocenters. The molecule has 11 rings (SSSR count). The molecule has 0 amide bonds. The van der Waals surface area contributed by atoms with Crippen molar-refractivity contribution in [3.8, 4) is 39.9 Å². The summed E-state index contributed by atoms with van der Waals surface area (Å²) in [5.74, 6) is 2.43. The predicted octanol–water partition coefficient (Wildman–Crippen LogP) is 11.1. The Morgan fingerprint density at radius 3 is 2.10 bits per heavy atom. The van der Waals surface area contributed by atoms with Crippen molar-refractivity contribution in [2.75, 3.05) is 0 Å². The molecule has 0 saturated carbocycles. The highest BCUT2D eigenvalue weighted by Crippen LogP contribution is 2.65. The summed E-state index contributed by atoms with van der Waals surface area (Å²) in [6, 6.07) is 45.6. The average Bonchev–Trinajstić information content (AvgIpc) is 3.70. The van der Waals surface area contributed by atoms with Crippen LogP contribution in [0.4, 0.5) is 0 Å². The standard InChI is InChI=1S/C47H34N4/c1-29-24-26-39-43-42(29)35-20-10-13-23-40(35)51(43)41-28-32(25-27-38(41)47(39)36-21-11-8-18-33(36)34-19-9-12-22-37(34)47)46-49-44(30-14-4-2-5-15-30)48-45(50-46)31-16-6-3-7-17-31/h2-11,13-21,23,25-29H,12,22,24H2,1H3. The number of aromatic nitrogens is 4. The largest absolute Gasteiger partial charge is 0.309 e. The molecule has 4 aliphatic rings. The lowest BCUT2D eigenvalue weighted by Gasteiger charge is -2.45. The van der Waals surface area contributed by atoms with Crippen molar-refractivity contribution >= 4 is 22.0 Å². The van der Waals surface area contributed by atoms with E-state index in [4.69, 9.17) is 15.0 Å². The summed E-state index contributed by atoms with van der Waals surface area (Å²) in [5, 5.41) is 1.35. The van der Waals surface area contributed by atoms with E-state index in [0.29, 0.717) is 23.4 Å². The van der Waals surface area contributed by atoms with Gasteiger partial charge in [-0.2, -0.15) is 0 Å². The predicted molar refractivity (Wildman–Crippen MR) is 206 cm³/mol. The Morgan fingerprint density at radius 1 is 0.667 bits per heavy atom. The summed E-state index contributed by atoms with van der Waals surface area (Å²) in [7, 11) is 0. The zero-order valence-corrected chi connectivity index (χ0v) is 28.3. The van der Waals surface area contributed by atoms with Gasteiger partial charge in [0.05, 0.1) is 22.3 Å². The van der Waals surface area contributed by atoms with E-state index >= 15 is 0 Å². The van der Waals surface area contributed by atoms with Crippen LogP contribution in [0, 0.1) is 0 Å². The molecule has 242 valence electrons. The lowest BCUT2D eigenvalue weighted by molar-refractivity contribution is 0.680. The van der Waals surface area contributed by atoms with Crippen molar-refractivity contribution in [1.82, 2.24) is 19.5 Å². The number of rotatable bonds is 3. The van der Waals surface area contributed by atoms with Crippen LogP contribution in [0.2, 0.25) is 0 Å². The van der Waals surface area contributed by atoms with Crippen LogP contribution in [0.1, 0.15) is 60.1 Å². The van der Waals surface area contributed by atoms with Crippen LogP contribution >= 0.6 is 0 Å². The fourth-order valence-electron chi connectivity index (χ4n) is 9.50. The third-order valence-corrected chi connectivity index (χ3v) is 11.6. The van der Waals surface area contributed by atoms with Gasteiger partial charge in [0.1, 0.15) is 0 Å². The van der Waals surface area contributed by atoms with Crippen molar-refractivity contribution in [3.05, 3.63) is 179 Å². The second-order valence-corrected chi connectivity index (χ2v) is 14.3. The van der Waals surface area contributed by atoms with Gasteiger partial charge in [-0.15, -0.1) is 0 Å². The summed E-state index contributed by atoms with van der Waals surface area (Å²) >= 11 is 0. The molecule has 7 aromatic rings. The fourth-order valence-corrected chi connectivity index (χ4v) is 9.50. The molecule has 0 fully saturated rings. The number of nitrogens with zero attached hydrogens (tertiary/aromatic N) is 4. The smallest absolute Gasteiger partial charge is 0.164 e. The maximum absolute atomic E-state index is 5.16. The molecule has 4 heteroatoms. The van der Waals surface area contributed by atoms with Crippen LogP contribution in [0.25, 0.3) is 61.9 Å². The van der Waals surface area contributed by atoms with E-state index in [0.717, 1.165) is 36.0 Å². The number of benzene rings is 5. The van der Waals surface area contributed by atoms with Gasteiger partial charge in [0, 0.05) is 22.1 Å². The molecule has 4 nitrogen and oxygen atoms in total. The van der Waals surface area contributed by atoms with Crippen LogP contribution in [-0.4, -0.2) is 19.5 Å². The van der Waals surface area contributed by atoms with Crippen molar-refractivity contribution in [1.29, 1.82) is 0 Å². The van der Waals surface area contributed by atoms with Gasteiger partial charge >= 0.3 is 0 Å². The van der Waals surface area contributed by atoms with Gasteiger partial charge in [0.15, 0.2) is 17.5 Å². The molecule has 3 heterocycles. The Labute approximate surface area is 297 Å². The summed E-state index contributed by atoms with van der Waals surface area (Å²) in [4.78, 5) is 15.3. The fraction of sp³-hybridized carbons (Fsp3) is 0.128. The van der Waals surface area contributed by atoms with E-state index in [9.17, 15) is 0 Å². The van der Waals surface area contributed by atoms with Crippen LogP contribution in [-0.2, 0) is 5.41 Å². The molecule has 0 saturated heterocycles. The average molecular weight is 655 g/mol. The minimum Gasteiger partial charge on any atom is -0.309 e. The number of allylic oxidation sites excluding steroid dienone is 6. The Balaban J connectivity index is 1.24. The summed E-state index contributed by atoms with van der Waals surface area (Å²) in [5.41, 5.74) is 16.3. The Bertz CT molecular complexity index is 2620. The van der Waals surface area contributed by atoms with E-state index in [-0.39, 0.29) is 5.41 Å². The summed E-state index contributed by atoms with van der Waals surface area (Å²) < 4.78 is 2.56. The maximum Gasteiger partial charge on any atom is 0.164 e. The first-order valence-corrected chi connectivity index (χ1v) is 18.1. The highest BCUT2D eigenvalue weighted by Gasteiger charge is 2.54. The van der Waals surface area contributed by atoms with Crippen molar-refractivity contribution < 1.29 is 0 Å². The van der Waals surface area contributed by atoms with Gasteiger partial charge in [-0.1, -0.05) is 140 Å². The molecule has 5 aromatic carbocycles. The van der Waals surface area contributed by atoms with Gasteiger partial charge in [-0.3, -0.25) is 0 Å². The summed E-state index contributed by atoms with van der Waals surface area (Å²) in [6.07, 6.45) is 10.4. The molecule has 3 aliphatic carbocycles. The SMILES string of the molecule is CC1CC=C2c3c1c1ccccc1n3-c1cc(-c3nc(-c4ccccc4)nc(-c4ccccc4)n3)ccc1C21C2=C(C=CCC2)c2ccccc21. The van der Waals surface area contributed by atoms with Crippen LogP contribution in [0.5, 0.6) is 0 Å². The van der Waals surface area contributed by atoms with Crippen LogP contribution < -0.4 is 0 Å². The molecule has 2 unspecified atom stereocenters. The Hall–Kier alpha value is -6.13. The van der Waals surface area contributed by atoms with Gasteiger partial charge in [-0.25, -0.2) is 15.0 Å². The molecule has 2 aromatic heterocycles. The molecular weight excluding hydrogens is 621 g/mol. The van der Waals surface area contributed by atoms with Gasteiger partial charge < -0.3 is 4.57 Å². The van der Waals surface area contributed by atoms with Crippen molar-refractivity contribution in [2.24, 2.45) is 0 Å². The molecule has 0 bridgehead atoms. The van der Waals surface area contributed by atoms with E-state index in [1.165, 1.54) is 61.3 Å². The van der Waals surface area contributed by atoms with Crippen LogP contribution in [0.3, 0.4) is 0 Å². The number of hydrogen-bond donors (Lipinski definition) is 0. The van der Waals surface area contributed by atoms with Gasteiger partial charge in [0.2, 0.25) is 0 Å². The van der Waals surface area contributed by atoms with Crippen LogP contribution in [0.15, 0.2) is 151 Å². The molecular formula is C47H34N4. The van der Waals surface area contributed by atoms with E-state index in [1.54, 1.807) is 0 Å². The second-order valence-electron chi connectivity index (χ2n) is 14.3. The molecule has 1 aliphatic heterocycles. The number of fused-ring (bicyclic) bond motifs is 11. The van der Waals surface area contributed by atoms with Gasteiger partial charge in [-0.05, 0) is 76.3 Å². The lowest BCUT2D eigenvalue weighted by atomic mass is 9.60. The van der Waals surface area contributed by atoms with Crippen molar-refractivity contribution in [2.45, 2.75) is 37.5 Å².